The van der Waals surface area contributed by atoms with E-state index in [1.165, 1.54) is 5.56 Å². The molecule has 0 aromatic heterocycles. The molecule has 0 saturated carbocycles. The van der Waals surface area contributed by atoms with E-state index in [9.17, 15) is 0 Å². The van der Waals surface area contributed by atoms with Crippen molar-refractivity contribution in [2.24, 2.45) is 0 Å². The van der Waals surface area contributed by atoms with Crippen molar-refractivity contribution in [3.05, 3.63) is 58.1 Å². The lowest BCUT2D eigenvalue weighted by atomic mass is 10.2. The summed E-state index contributed by atoms with van der Waals surface area (Å²) in [6.45, 7) is 0.481. The number of halogens is 2. The summed E-state index contributed by atoms with van der Waals surface area (Å²) in [5.74, 6) is 1.69. The largest absolute Gasteiger partial charge is 0.496 e. The Bertz CT molecular complexity index is 556. The van der Waals surface area contributed by atoms with E-state index in [4.69, 9.17) is 9.47 Å². The van der Waals surface area contributed by atoms with Crippen LogP contribution >= 0.6 is 31.9 Å². The summed E-state index contributed by atoms with van der Waals surface area (Å²) >= 11 is 6.90. The van der Waals surface area contributed by atoms with Gasteiger partial charge in [0, 0.05) is 15.4 Å². The Hall–Kier alpha value is -1.00. The molecule has 0 unspecified atom stereocenters. The molecule has 0 radical (unpaired) electrons. The first-order chi connectivity index (χ1) is 9.22. The van der Waals surface area contributed by atoms with Crippen LogP contribution in [0.2, 0.25) is 0 Å². The van der Waals surface area contributed by atoms with E-state index in [2.05, 4.69) is 37.9 Å². The van der Waals surface area contributed by atoms with Gasteiger partial charge in [-0.15, -0.1) is 0 Å². The van der Waals surface area contributed by atoms with E-state index < -0.39 is 0 Å². The van der Waals surface area contributed by atoms with Crippen LogP contribution in [0, 0.1) is 0 Å². The average molecular weight is 386 g/mol. The third-order valence-electron chi connectivity index (χ3n) is 2.69. The van der Waals surface area contributed by atoms with Crippen molar-refractivity contribution in [2.45, 2.75) is 11.9 Å². The lowest BCUT2D eigenvalue weighted by Crippen LogP contribution is -1.99. The molecule has 0 heterocycles. The predicted molar refractivity (Wildman–Crippen MR) is 84.1 cm³/mol. The first kappa shape index (κ1) is 14.4. The van der Waals surface area contributed by atoms with Gasteiger partial charge in [-0.05, 0) is 35.9 Å². The Balaban J connectivity index is 2.11. The number of alkyl halides is 1. The maximum Gasteiger partial charge on any atom is 0.125 e. The number of methoxy groups -OCH3 is 1. The molecule has 2 nitrogen and oxygen atoms in total. The average Bonchev–Trinajstić information content (AvgIpc) is 2.45. The number of hydrogen-bond acceptors (Lipinski definition) is 2. The molecule has 0 N–H and O–H groups in total. The Morgan fingerprint density at radius 3 is 2.68 bits per heavy atom. The summed E-state index contributed by atoms with van der Waals surface area (Å²) < 4.78 is 12.2. The Morgan fingerprint density at radius 1 is 1.11 bits per heavy atom. The molecule has 0 atom stereocenters. The molecule has 0 fully saturated rings. The molecule has 0 spiro atoms. The van der Waals surface area contributed by atoms with E-state index >= 15 is 0 Å². The fraction of sp³-hybridized carbons (Fsp3) is 0.200. The van der Waals surface area contributed by atoms with Gasteiger partial charge in [0.1, 0.15) is 18.1 Å². The highest BCUT2D eigenvalue weighted by atomic mass is 79.9. The minimum absolute atomic E-state index is 0.481. The van der Waals surface area contributed by atoms with Gasteiger partial charge < -0.3 is 9.47 Å². The van der Waals surface area contributed by atoms with E-state index in [-0.39, 0.29) is 0 Å². The van der Waals surface area contributed by atoms with Crippen molar-refractivity contribution < 1.29 is 9.47 Å². The summed E-state index contributed by atoms with van der Waals surface area (Å²) in [7, 11) is 1.66. The third kappa shape index (κ3) is 3.98. The monoisotopic (exact) mass is 384 g/mol. The Morgan fingerprint density at radius 2 is 1.95 bits per heavy atom. The molecule has 0 saturated heterocycles. The second kappa shape index (κ2) is 6.96. The summed E-state index contributed by atoms with van der Waals surface area (Å²) in [5.41, 5.74) is 2.21. The highest BCUT2D eigenvalue weighted by molar-refractivity contribution is 9.10. The van der Waals surface area contributed by atoms with Crippen LogP contribution in [0.1, 0.15) is 11.1 Å². The highest BCUT2D eigenvalue weighted by Crippen LogP contribution is 2.25. The van der Waals surface area contributed by atoms with Gasteiger partial charge in [-0.3, -0.25) is 0 Å². The van der Waals surface area contributed by atoms with Crippen LogP contribution < -0.4 is 9.47 Å². The van der Waals surface area contributed by atoms with Gasteiger partial charge in [-0.2, -0.15) is 0 Å². The Labute approximate surface area is 130 Å². The van der Waals surface area contributed by atoms with Gasteiger partial charge in [0.05, 0.1) is 7.11 Å². The lowest BCUT2D eigenvalue weighted by Gasteiger charge is -2.11. The molecule has 0 amide bonds. The van der Waals surface area contributed by atoms with Gasteiger partial charge in [0.15, 0.2) is 0 Å². The van der Waals surface area contributed by atoms with Crippen LogP contribution in [-0.2, 0) is 11.9 Å². The Kier molecular flexibility index (Phi) is 5.28. The summed E-state index contributed by atoms with van der Waals surface area (Å²) in [4.78, 5) is 0. The normalized spacial score (nSPS) is 10.3. The zero-order valence-electron chi connectivity index (χ0n) is 10.5. The summed E-state index contributed by atoms with van der Waals surface area (Å²) in [5, 5.41) is 0.824. The molecule has 19 heavy (non-hydrogen) atoms. The molecule has 0 aliphatic carbocycles. The van der Waals surface area contributed by atoms with Crippen LogP contribution in [0.15, 0.2) is 46.9 Å². The number of hydrogen-bond donors (Lipinski definition) is 0. The van der Waals surface area contributed by atoms with E-state index in [0.29, 0.717) is 6.61 Å². The van der Waals surface area contributed by atoms with Crippen LogP contribution in [-0.4, -0.2) is 7.11 Å². The van der Waals surface area contributed by atoms with Crippen LogP contribution in [0.25, 0.3) is 0 Å². The first-order valence-electron chi connectivity index (χ1n) is 5.83. The van der Waals surface area contributed by atoms with Crippen LogP contribution in [0.3, 0.4) is 0 Å². The fourth-order valence-electron chi connectivity index (χ4n) is 1.74. The van der Waals surface area contributed by atoms with E-state index in [1.54, 1.807) is 7.11 Å². The topological polar surface area (TPSA) is 18.5 Å². The van der Waals surface area contributed by atoms with Crippen molar-refractivity contribution in [1.29, 1.82) is 0 Å². The summed E-state index contributed by atoms with van der Waals surface area (Å²) in [6, 6.07) is 13.9. The molecule has 0 aliphatic rings. The van der Waals surface area contributed by atoms with Gasteiger partial charge in [-0.25, -0.2) is 0 Å². The standard InChI is InChI=1S/C15H14Br2O2/c1-18-15-6-5-13(17)8-12(15)10-19-14-4-2-3-11(7-14)9-16/h2-8H,9-10H2,1H3. The molecule has 0 bridgehead atoms. The van der Waals surface area contributed by atoms with Gasteiger partial charge in [0.2, 0.25) is 0 Å². The zero-order chi connectivity index (χ0) is 13.7. The highest BCUT2D eigenvalue weighted by Gasteiger charge is 2.05. The molecule has 2 rings (SSSR count). The molecule has 2 aromatic carbocycles. The second-order valence-electron chi connectivity index (χ2n) is 4.03. The minimum atomic E-state index is 0.481. The molecule has 0 aliphatic heterocycles. The van der Waals surface area contributed by atoms with Crippen LogP contribution in [0.4, 0.5) is 0 Å². The molecule has 100 valence electrons. The SMILES string of the molecule is COc1ccc(Br)cc1COc1cccc(CBr)c1. The van der Waals surface area contributed by atoms with Crippen LogP contribution in [0.5, 0.6) is 11.5 Å². The van der Waals surface area contributed by atoms with Crippen molar-refractivity contribution in [3.63, 3.8) is 0 Å². The van der Waals surface area contributed by atoms with E-state index in [1.807, 2.05) is 36.4 Å². The zero-order valence-corrected chi connectivity index (χ0v) is 13.7. The smallest absolute Gasteiger partial charge is 0.125 e. The maximum atomic E-state index is 5.81. The van der Waals surface area contributed by atoms with Gasteiger partial charge in [0.25, 0.3) is 0 Å². The van der Waals surface area contributed by atoms with Crippen molar-refractivity contribution in [2.75, 3.05) is 7.11 Å². The van der Waals surface area contributed by atoms with Crippen molar-refractivity contribution >= 4 is 31.9 Å². The number of rotatable bonds is 5. The minimum Gasteiger partial charge on any atom is -0.496 e. The second-order valence-corrected chi connectivity index (χ2v) is 5.50. The molecular formula is C15H14Br2O2. The van der Waals surface area contributed by atoms with E-state index in [0.717, 1.165) is 26.9 Å². The predicted octanol–water partition coefficient (Wildman–Crippen LogP) is 4.93. The fourth-order valence-corrected chi connectivity index (χ4v) is 2.50. The molecule has 4 heteroatoms. The third-order valence-corrected chi connectivity index (χ3v) is 3.83. The van der Waals surface area contributed by atoms with Gasteiger partial charge in [-0.1, -0.05) is 44.0 Å². The first-order valence-corrected chi connectivity index (χ1v) is 7.74. The summed E-state index contributed by atoms with van der Waals surface area (Å²) in [6.07, 6.45) is 0. The number of benzene rings is 2. The van der Waals surface area contributed by atoms with Crippen molar-refractivity contribution in [1.82, 2.24) is 0 Å². The molecule has 2 aromatic rings. The maximum absolute atomic E-state index is 5.81. The molecular weight excluding hydrogens is 372 g/mol. The van der Waals surface area contributed by atoms with Gasteiger partial charge >= 0.3 is 0 Å². The van der Waals surface area contributed by atoms with Crippen molar-refractivity contribution in [3.8, 4) is 11.5 Å². The quantitative estimate of drug-likeness (QED) is 0.679. The number of ether oxygens (including phenoxy) is 2. The lowest BCUT2D eigenvalue weighted by molar-refractivity contribution is 0.296.